The Balaban J connectivity index is 1.95. The Labute approximate surface area is 121 Å². The van der Waals surface area contributed by atoms with E-state index in [0.29, 0.717) is 5.25 Å². The quantitative estimate of drug-likeness (QED) is 0.815. The fourth-order valence-electron chi connectivity index (χ4n) is 2.47. The fraction of sp³-hybridized carbons (Fsp3) is 0.462. The third kappa shape index (κ3) is 2.46. The highest BCUT2D eigenvalue weighted by atomic mass is 35.5. The minimum absolute atomic E-state index is 0.695. The number of imidazole rings is 1. The second kappa shape index (κ2) is 5.27. The van der Waals surface area contributed by atoms with Crippen LogP contribution in [0.25, 0.3) is 11.0 Å². The molecule has 1 atom stereocenters. The maximum atomic E-state index is 6.00. The summed E-state index contributed by atoms with van der Waals surface area (Å²) in [5.74, 6) is 1.28. The number of H-pyrrole nitrogens is 1. The van der Waals surface area contributed by atoms with Gasteiger partial charge in [0.1, 0.15) is 0 Å². The predicted molar refractivity (Wildman–Crippen MR) is 82.2 cm³/mol. The summed E-state index contributed by atoms with van der Waals surface area (Å²) >= 11 is 13.5. The maximum Gasteiger partial charge on any atom is 0.178 e. The predicted octanol–water partition coefficient (Wildman–Crippen LogP) is 4.64. The molecule has 2 heterocycles. The van der Waals surface area contributed by atoms with Crippen molar-refractivity contribution in [3.63, 3.8) is 0 Å². The molecule has 1 N–H and O–H groups in total. The van der Waals surface area contributed by atoms with Crippen LogP contribution < -0.4 is 0 Å². The molecule has 0 amide bonds. The van der Waals surface area contributed by atoms with E-state index >= 15 is 0 Å². The summed E-state index contributed by atoms with van der Waals surface area (Å²) in [6.45, 7) is 1.01. The third-order valence-corrected chi connectivity index (χ3v) is 5.33. The zero-order valence-electron chi connectivity index (χ0n) is 9.99. The zero-order valence-corrected chi connectivity index (χ0v) is 12.4. The number of rotatable bonds is 2. The number of halogens is 1. The minimum atomic E-state index is 0.695. The van der Waals surface area contributed by atoms with Crippen LogP contribution in [-0.4, -0.2) is 20.6 Å². The van der Waals surface area contributed by atoms with Gasteiger partial charge in [-0.05, 0) is 49.0 Å². The molecule has 1 aromatic heterocycles. The molecular weight excluding hydrogens is 284 g/mol. The Morgan fingerprint density at radius 1 is 1.44 bits per heavy atom. The molecule has 0 bridgehead atoms. The molecule has 1 unspecified atom stereocenters. The second-order valence-corrected chi connectivity index (χ2v) is 6.92. The van der Waals surface area contributed by atoms with Crippen molar-refractivity contribution in [3.8, 4) is 0 Å². The number of aromatic amines is 1. The van der Waals surface area contributed by atoms with Gasteiger partial charge in [0.25, 0.3) is 0 Å². The van der Waals surface area contributed by atoms with E-state index in [0.717, 1.165) is 27.4 Å². The van der Waals surface area contributed by atoms with E-state index in [1.807, 2.05) is 12.1 Å². The summed E-state index contributed by atoms with van der Waals surface area (Å²) in [6, 6.07) is 5.92. The van der Waals surface area contributed by atoms with Gasteiger partial charge in [0.2, 0.25) is 0 Å². The Kier molecular flexibility index (Phi) is 3.68. The van der Waals surface area contributed by atoms with Crippen LogP contribution in [0.4, 0.5) is 0 Å². The topological polar surface area (TPSA) is 20.7 Å². The number of fused-ring (bicyclic) bond motifs is 1. The first kappa shape index (κ1) is 12.6. The van der Waals surface area contributed by atoms with Gasteiger partial charge in [-0.2, -0.15) is 11.8 Å². The maximum absolute atomic E-state index is 6.00. The van der Waals surface area contributed by atoms with Crippen LogP contribution in [0.3, 0.4) is 0 Å². The highest BCUT2D eigenvalue weighted by Crippen LogP contribution is 2.28. The van der Waals surface area contributed by atoms with Crippen molar-refractivity contribution < 1.29 is 0 Å². The molecule has 5 heteroatoms. The van der Waals surface area contributed by atoms with Crippen molar-refractivity contribution >= 4 is 46.6 Å². The molecule has 0 spiro atoms. The van der Waals surface area contributed by atoms with Crippen molar-refractivity contribution in [2.45, 2.75) is 31.1 Å². The highest BCUT2D eigenvalue weighted by molar-refractivity contribution is 7.99. The Bertz CT molecular complexity index is 611. The molecule has 3 rings (SSSR count). The molecule has 1 aromatic carbocycles. The fourth-order valence-corrected chi connectivity index (χ4v) is 4.22. The van der Waals surface area contributed by atoms with Gasteiger partial charge in [0, 0.05) is 16.8 Å². The summed E-state index contributed by atoms with van der Waals surface area (Å²) in [6.07, 6.45) is 4.00. The number of thioether (sulfide) groups is 1. The Morgan fingerprint density at radius 3 is 3.11 bits per heavy atom. The van der Waals surface area contributed by atoms with Gasteiger partial charge in [-0.15, -0.1) is 0 Å². The third-order valence-electron chi connectivity index (χ3n) is 3.40. The summed E-state index contributed by atoms with van der Waals surface area (Å²) in [5.41, 5.74) is 2.20. The van der Waals surface area contributed by atoms with Crippen LogP contribution in [0.2, 0.25) is 5.02 Å². The average Bonchev–Trinajstić information content (AvgIpc) is 2.66. The van der Waals surface area contributed by atoms with Crippen LogP contribution in [0.5, 0.6) is 0 Å². The van der Waals surface area contributed by atoms with Crippen LogP contribution in [0.1, 0.15) is 19.3 Å². The zero-order chi connectivity index (χ0) is 12.5. The molecule has 96 valence electrons. The van der Waals surface area contributed by atoms with Crippen molar-refractivity contribution in [3.05, 3.63) is 28.0 Å². The summed E-state index contributed by atoms with van der Waals surface area (Å²) < 4.78 is 3.02. The summed E-state index contributed by atoms with van der Waals surface area (Å²) in [5, 5.41) is 1.44. The van der Waals surface area contributed by atoms with Gasteiger partial charge in [-0.25, -0.2) is 0 Å². The van der Waals surface area contributed by atoms with Crippen molar-refractivity contribution in [1.29, 1.82) is 0 Å². The van der Waals surface area contributed by atoms with Crippen molar-refractivity contribution in [2.75, 3.05) is 5.75 Å². The SMILES string of the molecule is S=c1[nH]c2cc(Cl)ccc2n1CC1CCCCS1. The van der Waals surface area contributed by atoms with Gasteiger partial charge >= 0.3 is 0 Å². The first-order chi connectivity index (χ1) is 8.74. The second-order valence-electron chi connectivity index (χ2n) is 4.69. The van der Waals surface area contributed by atoms with E-state index in [1.54, 1.807) is 0 Å². The normalized spacial score (nSPS) is 20.4. The number of nitrogens with one attached hydrogen (secondary N) is 1. The molecule has 1 saturated heterocycles. The summed E-state index contributed by atoms with van der Waals surface area (Å²) in [7, 11) is 0. The monoisotopic (exact) mass is 298 g/mol. The van der Waals surface area contributed by atoms with E-state index in [2.05, 4.69) is 27.4 Å². The number of benzene rings is 1. The van der Waals surface area contributed by atoms with Crippen LogP contribution in [0, 0.1) is 4.77 Å². The van der Waals surface area contributed by atoms with E-state index in [9.17, 15) is 0 Å². The first-order valence-corrected chi connectivity index (χ1v) is 8.07. The molecule has 1 aliphatic heterocycles. The van der Waals surface area contributed by atoms with Gasteiger partial charge in [0.15, 0.2) is 4.77 Å². The van der Waals surface area contributed by atoms with Crippen molar-refractivity contribution in [2.24, 2.45) is 0 Å². The molecule has 1 fully saturated rings. The molecule has 2 nitrogen and oxygen atoms in total. The molecule has 0 aliphatic carbocycles. The highest BCUT2D eigenvalue weighted by Gasteiger charge is 2.16. The molecule has 18 heavy (non-hydrogen) atoms. The summed E-state index contributed by atoms with van der Waals surface area (Å²) in [4.78, 5) is 3.24. The number of nitrogens with zero attached hydrogens (tertiary/aromatic N) is 1. The lowest BCUT2D eigenvalue weighted by atomic mass is 10.2. The molecule has 0 radical (unpaired) electrons. The van der Waals surface area contributed by atoms with Gasteiger partial charge < -0.3 is 9.55 Å². The van der Waals surface area contributed by atoms with Gasteiger partial charge in [-0.3, -0.25) is 0 Å². The molecule has 0 saturated carbocycles. The lowest BCUT2D eigenvalue weighted by Gasteiger charge is -2.21. The van der Waals surface area contributed by atoms with Gasteiger partial charge in [-0.1, -0.05) is 18.0 Å². The standard InChI is InChI=1S/C13H15ClN2S2/c14-9-4-5-12-11(7-9)15-13(17)16(12)8-10-3-1-2-6-18-10/h4-5,7,10H,1-3,6,8H2,(H,15,17). The molecule has 1 aliphatic rings. The lowest BCUT2D eigenvalue weighted by molar-refractivity contribution is 0.588. The van der Waals surface area contributed by atoms with Crippen molar-refractivity contribution in [1.82, 2.24) is 9.55 Å². The van der Waals surface area contributed by atoms with E-state index in [1.165, 1.54) is 25.0 Å². The van der Waals surface area contributed by atoms with Gasteiger partial charge in [0.05, 0.1) is 11.0 Å². The largest absolute Gasteiger partial charge is 0.331 e. The number of hydrogen-bond acceptors (Lipinski definition) is 2. The van der Waals surface area contributed by atoms with Crippen LogP contribution >= 0.6 is 35.6 Å². The first-order valence-electron chi connectivity index (χ1n) is 6.24. The minimum Gasteiger partial charge on any atom is -0.331 e. The molecular formula is C13H15ClN2S2. The smallest absolute Gasteiger partial charge is 0.178 e. The van der Waals surface area contributed by atoms with E-state index < -0.39 is 0 Å². The Hall–Kier alpha value is -0.450. The Morgan fingerprint density at radius 2 is 2.33 bits per heavy atom. The van der Waals surface area contributed by atoms with Crippen LogP contribution in [0.15, 0.2) is 18.2 Å². The average molecular weight is 299 g/mol. The lowest BCUT2D eigenvalue weighted by Crippen LogP contribution is -2.16. The van der Waals surface area contributed by atoms with E-state index in [-0.39, 0.29) is 0 Å². The van der Waals surface area contributed by atoms with Crippen LogP contribution in [-0.2, 0) is 6.54 Å². The number of hydrogen-bond donors (Lipinski definition) is 1. The van der Waals surface area contributed by atoms with E-state index in [4.69, 9.17) is 23.8 Å². The number of aromatic nitrogens is 2. The molecule has 2 aromatic rings.